The Morgan fingerprint density at radius 2 is 1.92 bits per heavy atom. The van der Waals surface area contributed by atoms with Gasteiger partial charge >= 0.3 is 0 Å². The van der Waals surface area contributed by atoms with Crippen LogP contribution in [0.4, 0.5) is 0 Å². The number of amides is 1. The second kappa shape index (κ2) is 10.0. The van der Waals surface area contributed by atoms with Crippen LogP contribution in [-0.2, 0) is 0 Å². The van der Waals surface area contributed by atoms with E-state index in [9.17, 15) is 4.79 Å². The molecule has 5 nitrogen and oxygen atoms in total. The van der Waals surface area contributed by atoms with Gasteiger partial charge in [0.05, 0.1) is 18.7 Å². The summed E-state index contributed by atoms with van der Waals surface area (Å²) < 4.78 is 11.1. The van der Waals surface area contributed by atoms with Crippen LogP contribution in [0.1, 0.15) is 49.4 Å². The highest BCUT2D eigenvalue weighted by Gasteiger charge is 2.28. The van der Waals surface area contributed by atoms with E-state index in [2.05, 4.69) is 4.90 Å². The second-order valence-corrected chi connectivity index (χ2v) is 7.49. The van der Waals surface area contributed by atoms with Gasteiger partial charge in [0.1, 0.15) is 0 Å². The molecule has 0 unspecified atom stereocenters. The summed E-state index contributed by atoms with van der Waals surface area (Å²) in [5, 5.41) is 0.417. The molecule has 0 bridgehead atoms. The van der Waals surface area contributed by atoms with Crippen molar-refractivity contribution < 1.29 is 14.3 Å². The molecule has 1 amide bonds. The Bertz CT molecular complexity index is 601. The molecule has 1 aromatic rings. The Morgan fingerprint density at radius 3 is 2.50 bits per heavy atom. The largest absolute Gasteiger partial charge is 0.493 e. The number of hydrogen-bond donors (Lipinski definition) is 0. The number of likely N-dealkylation sites (N-methyl/N-ethyl adjacent to an activating group) is 1. The first-order valence-corrected chi connectivity index (χ1v) is 9.81. The van der Waals surface area contributed by atoms with Gasteiger partial charge in [-0.2, -0.15) is 0 Å². The molecule has 1 fully saturated rings. The van der Waals surface area contributed by atoms with Crippen LogP contribution >= 0.6 is 11.6 Å². The van der Waals surface area contributed by atoms with Gasteiger partial charge in [0.2, 0.25) is 0 Å². The van der Waals surface area contributed by atoms with Crippen LogP contribution in [0.25, 0.3) is 0 Å². The van der Waals surface area contributed by atoms with Crippen molar-refractivity contribution >= 4 is 17.5 Å². The molecule has 6 heteroatoms. The maximum atomic E-state index is 13.2. The predicted molar refractivity (Wildman–Crippen MR) is 106 cm³/mol. The molecule has 0 heterocycles. The van der Waals surface area contributed by atoms with Crippen LogP contribution in [-0.4, -0.2) is 62.7 Å². The van der Waals surface area contributed by atoms with E-state index in [1.54, 1.807) is 19.2 Å². The van der Waals surface area contributed by atoms with Crippen molar-refractivity contribution in [1.82, 2.24) is 9.80 Å². The van der Waals surface area contributed by atoms with Crippen molar-refractivity contribution in [1.29, 1.82) is 0 Å². The van der Waals surface area contributed by atoms with Gasteiger partial charge in [0.15, 0.2) is 11.5 Å². The minimum Gasteiger partial charge on any atom is -0.493 e. The lowest BCUT2D eigenvalue weighted by Crippen LogP contribution is -2.42. The van der Waals surface area contributed by atoms with Crippen molar-refractivity contribution in [2.24, 2.45) is 0 Å². The maximum Gasteiger partial charge on any atom is 0.254 e. The highest BCUT2D eigenvalue weighted by atomic mass is 35.5. The molecule has 1 aliphatic carbocycles. The average molecular weight is 383 g/mol. The molecule has 146 valence electrons. The number of benzene rings is 1. The smallest absolute Gasteiger partial charge is 0.254 e. The van der Waals surface area contributed by atoms with Gasteiger partial charge in [-0.1, -0.05) is 31.4 Å². The number of methoxy groups -OCH3 is 1. The molecule has 0 saturated heterocycles. The number of nitrogens with zero attached hydrogens (tertiary/aromatic N) is 2. The van der Waals surface area contributed by atoms with Gasteiger partial charge in [-0.05, 0) is 45.5 Å². The number of carbonyl (C=O) groups is 1. The Balaban J connectivity index is 2.27. The van der Waals surface area contributed by atoms with Crippen LogP contribution < -0.4 is 9.47 Å². The Hall–Kier alpha value is -1.46. The zero-order valence-electron chi connectivity index (χ0n) is 16.4. The molecule has 0 spiro atoms. The lowest BCUT2D eigenvalue weighted by atomic mass is 10.1. The van der Waals surface area contributed by atoms with Crippen LogP contribution in [0.3, 0.4) is 0 Å². The fourth-order valence-corrected chi connectivity index (χ4v) is 3.59. The van der Waals surface area contributed by atoms with Crippen LogP contribution in [0.15, 0.2) is 12.1 Å². The molecule has 2 rings (SSSR count). The Labute approximate surface area is 162 Å². The molecule has 0 aliphatic heterocycles. The van der Waals surface area contributed by atoms with E-state index in [0.29, 0.717) is 41.3 Å². The number of halogens is 1. The third-order valence-electron chi connectivity index (χ3n) is 4.74. The van der Waals surface area contributed by atoms with Crippen molar-refractivity contribution in [3.8, 4) is 11.5 Å². The van der Waals surface area contributed by atoms with Crippen molar-refractivity contribution in [2.45, 2.75) is 45.1 Å². The fraction of sp³-hybridized carbons (Fsp3) is 0.650. The van der Waals surface area contributed by atoms with Gasteiger partial charge in [-0.15, -0.1) is 0 Å². The number of ether oxygens (including phenoxy) is 2. The molecule has 0 N–H and O–H groups in total. The Morgan fingerprint density at radius 1 is 1.23 bits per heavy atom. The maximum absolute atomic E-state index is 13.2. The molecule has 26 heavy (non-hydrogen) atoms. The number of carbonyl (C=O) groups excluding carboxylic acids is 1. The van der Waals surface area contributed by atoms with E-state index in [4.69, 9.17) is 21.1 Å². The molecular formula is C20H31ClN2O3. The first-order valence-electron chi connectivity index (χ1n) is 9.44. The summed E-state index contributed by atoms with van der Waals surface area (Å²) in [5.41, 5.74) is 0.557. The molecular weight excluding hydrogens is 352 g/mol. The highest BCUT2D eigenvalue weighted by molar-refractivity contribution is 6.32. The van der Waals surface area contributed by atoms with E-state index in [1.807, 2.05) is 25.9 Å². The summed E-state index contributed by atoms with van der Waals surface area (Å²) >= 11 is 6.40. The molecule has 0 atom stereocenters. The fourth-order valence-electron chi connectivity index (χ4n) is 3.33. The first-order chi connectivity index (χ1) is 12.5. The van der Waals surface area contributed by atoms with Crippen molar-refractivity contribution in [2.75, 3.05) is 40.9 Å². The van der Waals surface area contributed by atoms with E-state index in [0.717, 1.165) is 25.8 Å². The third kappa shape index (κ3) is 5.27. The van der Waals surface area contributed by atoms with Gasteiger partial charge in [0.25, 0.3) is 5.91 Å². The topological polar surface area (TPSA) is 42.0 Å². The summed E-state index contributed by atoms with van der Waals surface area (Å²) in [4.78, 5) is 17.3. The third-order valence-corrected chi connectivity index (χ3v) is 5.02. The minimum atomic E-state index is 0.0148. The van der Waals surface area contributed by atoms with Gasteiger partial charge in [0, 0.05) is 24.7 Å². The summed E-state index contributed by atoms with van der Waals surface area (Å²) in [5.74, 6) is 1.03. The molecule has 1 aliphatic rings. The van der Waals surface area contributed by atoms with Crippen molar-refractivity contribution in [3.05, 3.63) is 22.7 Å². The average Bonchev–Trinajstić information content (AvgIpc) is 3.14. The zero-order chi connectivity index (χ0) is 19.1. The van der Waals surface area contributed by atoms with Gasteiger partial charge in [-0.25, -0.2) is 0 Å². The molecule has 0 radical (unpaired) electrons. The minimum absolute atomic E-state index is 0.0148. The number of hydrogen-bond acceptors (Lipinski definition) is 4. The Kier molecular flexibility index (Phi) is 8.04. The van der Waals surface area contributed by atoms with Gasteiger partial charge < -0.3 is 19.3 Å². The second-order valence-electron chi connectivity index (χ2n) is 7.08. The summed E-state index contributed by atoms with van der Waals surface area (Å²) in [6.07, 6.45) is 5.39. The quantitative estimate of drug-likeness (QED) is 0.645. The van der Waals surface area contributed by atoms with Crippen LogP contribution in [0.5, 0.6) is 11.5 Å². The lowest BCUT2D eigenvalue weighted by molar-refractivity contribution is 0.0667. The van der Waals surface area contributed by atoms with E-state index >= 15 is 0 Å². The summed E-state index contributed by atoms with van der Waals surface area (Å²) in [6.45, 7) is 4.14. The number of rotatable bonds is 9. The molecule has 0 aromatic heterocycles. The summed E-state index contributed by atoms with van der Waals surface area (Å²) in [6, 6.07) is 3.76. The van der Waals surface area contributed by atoms with E-state index in [1.165, 1.54) is 12.8 Å². The van der Waals surface area contributed by atoms with Gasteiger partial charge in [-0.3, -0.25) is 4.79 Å². The van der Waals surface area contributed by atoms with E-state index in [-0.39, 0.29) is 5.91 Å². The highest BCUT2D eigenvalue weighted by Crippen LogP contribution is 2.37. The molecule has 1 saturated carbocycles. The standard InChI is InChI=1S/C20H31ClN2O3/c1-5-12-26-19-17(21)13-15(14-18(19)25-4)20(24)23(11-10-22(2)3)16-8-6-7-9-16/h13-14,16H,5-12H2,1-4H3. The van der Waals surface area contributed by atoms with Crippen LogP contribution in [0, 0.1) is 0 Å². The SMILES string of the molecule is CCCOc1c(Cl)cc(C(=O)N(CCN(C)C)C2CCCC2)cc1OC. The zero-order valence-corrected chi connectivity index (χ0v) is 17.1. The normalized spacial score (nSPS) is 14.7. The van der Waals surface area contributed by atoms with Crippen molar-refractivity contribution in [3.63, 3.8) is 0 Å². The predicted octanol–water partition coefficient (Wildman–Crippen LogP) is 4.08. The lowest BCUT2D eigenvalue weighted by Gasteiger charge is -2.30. The van der Waals surface area contributed by atoms with Crippen LogP contribution in [0.2, 0.25) is 5.02 Å². The van der Waals surface area contributed by atoms with E-state index < -0.39 is 0 Å². The summed E-state index contributed by atoms with van der Waals surface area (Å²) in [7, 11) is 5.62. The monoisotopic (exact) mass is 382 g/mol. The first kappa shape index (κ1) is 20.8. The molecule has 1 aromatic carbocycles.